The molecule has 6 heteroatoms. The van der Waals surface area contributed by atoms with E-state index >= 15 is 0 Å². The SMILES string of the molecule is CC(C)C(C#N)NC(=O)c1csnn1. The van der Waals surface area contributed by atoms with Crippen LogP contribution in [0.1, 0.15) is 24.3 Å². The van der Waals surface area contributed by atoms with Gasteiger partial charge < -0.3 is 5.32 Å². The fourth-order valence-corrected chi connectivity index (χ4v) is 1.26. The number of nitrogens with one attached hydrogen (secondary N) is 1. The van der Waals surface area contributed by atoms with E-state index in [-0.39, 0.29) is 17.5 Å². The van der Waals surface area contributed by atoms with E-state index in [4.69, 9.17) is 5.26 Å². The molecule has 1 N–H and O–H groups in total. The standard InChI is InChI=1S/C8H10N4OS/c1-5(2)6(3-9)10-8(13)7-4-14-12-11-7/h4-6H,1-2H3,(H,10,13). The quantitative estimate of drug-likeness (QED) is 0.801. The minimum Gasteiger partial charge on any atom is -0.335 e. The molecule has 0 aliphatic heterocycles. The zero-order valence-electron chi connectivity index (χ0n) is 7.89. The highest BCUT2D eigenvalue weighted by Gasteiger charge is 2.17. The van der Waals surface area contributed by atoms with Gasteiger partial charge in [0, 0.05) is 5.38 Å². The van der Waals surface area contributed by atoms with Gasteiger partial charge in [-0.15, -0.1) is 5.10 Å². The van der Waals surface area contributed by atoms with Crippen molar-refractivity contribution >= 4 is 17.4 Å². The Morgan fingerprint density at radius 2 is 2.43 bits per heavy atom. The molecule has 0 saturated carbocycles. The van der Waals surface area contributed by atoms with Crippen LogP contribution >= 0.6 is 11.5 Å². The summed E-state index contributed by atoms with van der Waals surface area (Å²) in [5, 5.41) is 16.5. The number of rotatable bonds is 3. The lowest BCUT2D eigenvalue weighted by Crippen LogP contribution is -2.37. The van der Waals surface area contributed by atoms with E-state index < -0.39 is 6.04 Å². The highest BCUT2D eigenvalue weighted by Crippen LogP contribution is 2.02. The zero-order chi connectivity index (χ0) is 10.6. The summed E-state index contributed by atoms with van der Waals surface area (Å²) in [7, 11) is 0. The predicted octanol–water partition coefficient (Wildman–Crippen LogP) is 0.816. The molecule has 1 heterocycles. The van der Waals surface area contributed by atoms with E-state index in [0.717, 1.165) is 11.5 Å². The van der Waals surface area contributed by atoms with E-state index in [2.05, 4.69) is 14.9 Å². The average Bonchev–Trinajstić information content (AvgIpc) is 2.65. The lowest BCUT2D eigenvalue weighted by Gasteiger charge is -2.13. The van der Waals surface area contributed by atoms with Crippen LogP contribution in [0.4, 0.5) is 0 Å². The molecule has 14 heavy (non-hydrogen) atoms. The van der Waals surface area contributed by atoms with Crippen LogP contribution in [0.15, 0.2) is 5.38 Å². The smallest absolute Gasteiger partial charge is 0.273 e. The van der Waals surface area contributed by atoms with Gasteiger partial charge in [0.25, 0.3) is 5.91 Å². The van der Waals surface area contributed by atoms with E-state index in [1.54, 1.807) is 5.38 Å². The number of carbonyl (C=O) groups excluding carboxylic acids is 1. The third-order valence-electron chi connectivity index (χ3n) is 1.69. The second-order valence-electron chi connectivity index (χ2n) is 3.11. The van der Waals surface area contributed by atoms with E-state index in [9.17, 15) is 4.79 Å². The number of hydrogen-bond donors (Lipinski definition) is 1. The van der Waals surface area contributed by atoms with Crippen LogP contribution in [-0.4, -0.2) is 21.5 Å². The van der Waals surface area contributed by atoms with Crippen LogP contribution in [0.3, 0.4) is 0 Å². The van der Waals surface area contributed by atoms with E-state index in [1.807, 2.05) is 19.9 Å². The third kappa shape index (κ3) is 2.50. The molecule has 0 aliphatic carbocycles. The summed E-state index contributed by atoms with van der Waals surface area (Å²) in [4.78, 5) is 11.4. The molecule has 1 atom stereocenters. The molecule has 1 aromatic rings. The molecule has 5 nitrogen and oxygen atoms in total. The first-order valence-electron chi connectivity index (χ1n) is 4.12. The van der Waals surface area contributed by atoms with Crippen molar-refractivity contribution in [2.24, 2.45) is 5.92 Å². The largest absolute Gasteiger partial charge is 0.335 e. The maximum absolute atomic E-state index is 11.4. The van der Waals surface area contributed by atoms with Gasteiger partial charge in [-0.1, -0.05) is 18.3 Å². The monoisotopic (exact) mass is 210 g/mol. The molecular formula is C8H10N4OS. The molecule has 0 bridgehead atoms. The Hall–Kier alpha value is -1.48. The predicted molar refractivity (Wildman–Crippen MR) is 51.6 cm³/mol. The second kappa shape index (κ2) is 4.67. The minimum absolute atomic E-state index is 0.0792. The first-order valence-corrected chi connectivity index (χ1v) is 4.96. The summed E-state index contributed by atoms with van der Waals surface area (Å²) in [5.41, 5.74) is 0.260. The van der Waals surface area contributed by atoms with Gasteiger partial charge in [0.1, 0.15) is 6.04 Å². The second-order valence-corrected chi connectivity index (χ2v) is 3.72. The molecule has 0 spiro atoms. The molecule has 1 unspecified atom stereocenters. The highest BCUT2D eigenvalue weighted by molar-refractivity contribution is 7.03. The van der Waals surface area contributed by atoms with Gasteiger partial charge in [0.2, 0.25) is 0 Å². The number of nitrogens with zero attached hydrogens (tertiary/aromatic N) is 3. The number of amides is 1. The van der Waals surface area contributed by atoms with Crippen LogP contribution in [-0.2, 0) is 0 Å². The number of aromatic nitrogens is 2. The van der Waals surface area contributed by atoms with Crippen molar-refractivity contribution in [1.82, 2.24) is 14.9 Å². The van der Waals surface area contributed by atoms with Crippen molar-refractivity contribution in [3.63, 3.8) is 0 Å². The summed E-state index contributed by atoms with van der Waals surface area (Å²) < 4.78 is 3.57. The van der Waals surface area contributed by atoms with Crippen LogP contribution in [0, 0.1) is 17.2 Å². The lowest BCUT2D eigenvalue weighted by atomic mass is 10.1. The molecule has 0 radical (unpaired) electrons. The summed E-state index contributed by atoms with van der Waals surface area (Å²) >= 11 is 1.11. The molecule has 1 aromatic heterocycles. The molecule has 1 amide bonds. The molecule has 1 rings (SSSR count). The Morgan fingerprint density at radius 1 is 1.71 bits per heavy atom. The van der Waals surface area contributed by atoms with Crippen molar-refractivity contribution in [3.05, 3.63) is 11.1 Å². The van der Waals surface area contributed by atoms with Crippen molar-refractivity contribution in [2.45, 2.75) is 19.9 Å². The maximum Gasteiger partial charge on any atom is 0.273 e. The third-order valence-corrected chi connectivity index (χ3v) is 2.19. The maximum atomic E-state index is 11.4. The molecule has 0 saturated heterocycles. The Balaban J connectivity index is 2.61. The number of nitriles is 1. The minimum atomic E-state index is -0.482. The lowest BCUT2D eigenvalue weighted by molar-refractivity contribution is 0.0932. The number of hydrogen-bond acceptors (Lipinski definition) is 5. The first-order chi connectivity index (χ1) is 6.65. The van der Waals surface area contributed by atoms with Gasteiger partial charge in [-0.25, -0.2) is 0 Å². The summed E-state index contributed by atoms with van der Waals surface area (Å²) in [6.07, 6.45) is 0. The van der Waals surface area contributed by atoms with Crippen LogP contribution in [0.5, 0.6) is 0 Å². The highest BCUT2D eigenvalue weighted by atomic mass is 32.1. The van der Waals surface area contributed by atoms with Gasteiger partial charge in [-0.2, -0.15) is 5.26 Å². The van der Waals surface area contributed by atoms with Crippen LogP contribution in [0.25, 0.3) is 0 Å². The van der Waals surface area contributed by atoms with Crippen molar-refractivity contribution in [2.75, 3.05) is 0 Å². The molecule has 0 aliphatic rings. The zero-order valence-corrected chi connectivity index (χ0v) is 8.71. The Bertz CT molecular complexity index is 341. The summed E-state index contributed by atoms with van der Waals surface area (Å²) in [6, 6.07) is 1.54. The van der Waals surface area contributed by atoms with Gasteiger partial charge in [0.05, 0.1) is 6.07 Å². The summed E-state index contributed by atoms with van der Waals surface area (Å²) in [6.45, 7) is 3.74. The van der Waals surface area contributed by atoms with Gasteiger partial charge >= 0.3 is 0 Å². The fraction of sp³-hybridized carbons (Fsp3) is 0.500. The van der Waals surface area contributed by atoms with Crippen LogP contribution in [0.2, 0.25) is 0 Å². The fourth-order valence-electron chi connectivity index (χ4n) is 0.827. The first kappa shape index (κ1) is 10.6. The molecule has 0 aromatic carbocycles. The van der Waals surface area contributed by atoms with Crippen molar-refractivity contribution < 1.29 is 4.79 Å². The summed E-state index contributed by atoms with van der Waals surface area (Å²) in [5.74, 6) is -0.269. The van der Waals surface area contributed by atoms with Crippen LogP contribution < -0.4 is 5.32 Å². The van der Waals surface area contributed by atoms with Gasteiger partial charge in [0.15, 0.2) is 5.69 Å². The molecule has 74 valence electrons. The molecule has 0 fully saturated rings. The van der Waals surface area contributed by atoms with Gasteiger partial charge in [-0.3, -0.25) is 4.79 Å². The number of carbonyl (C=O) groups is 1. The average molecular weight is 210 g/mol. The van der Waals surface area contributed by atoms with Crippen molar-refractivity contribution in [1.29, 1.82) is 5.26 Å². The van der Waals surface area contributed by atoms with E-state index in [0.29, 0.717) is 0 Å². The Morgan fingerprint density at radius 3 is 2.86 bits per heavy atom. The Kier molecular flexibility index (Phi) is 3.54. The van der Waals surface area contributed by atoms with Gasteiger partial charge in [-0.05, 0) is 17.5 Å². The topological polar surface area (TPSA) is 78.7 Å². The van der Waals surface area contributed by atoms with Crippen molar-refractivity contribution in [3.8, 4) is 6.07 Å². The Labute approximate surface area is 85.9 Å². The van der Waals surface area contributed by atoms with E-state index in [1.165, 1.54) is 0 Å². The molecular weight excluding hydrogens is 200 g/mol. The normalized spacial score (nSPS) is 12.1.